The third-order valence-corrected chi connectivity index (χ3v) is 4.60. The third-order valence-electron chi connectivity index (χ3n) is 4.04. The molecule has 1 aromatic carbocycles. The zero-order valence-electron chi connectivity index (χ0n) is 14.2. The van der Waals surface area contributed by atoms with Gasteiger partial charge < -0.3 is 20.0 Å². The molecule has 0 radical (unpaired) electrons. The molecular formula is C17H17Cl2N2O5-. The average Bonchev–Trinajstić information content (AvgIpc) is 2.56. The Labute approximate surface area is 160 Å². The van der Waals surface area contributed by atoms with Gasteiger partial charge in [-0.2, -0.15) is 0 Å². The van der Waals surface area contributed by atoms with Gasteiger partial charge in [-0.25, -0.2) is 9.59 Å². The zero-order valence-corrected chi connectivity index (χ0v) is 15.7. The molecule has 7 nitrogen and oxygen atoms in total. The number of benzene rings is 1. The van der Waals surface area contributed by atoms with E-state index in [4.69, 9.17) is 27.9 Å². The van der Waals surface area contributed by atoms with E-state index < -0.39 is 24.0 Å². The number of carboxylic acids is 1. The molecule has 0 saturated carbocycles. The highest BCUT2D eigenvalue weighted by molar-refractivity contribution is 6.35. The van der Waals surface area contributed by atoms with Crippen molar-refractivity contribution in [3.05, 3.63) is 45.1 Å². The number of amides is 2. The molecular weight excluding hydrogens is 383 g/mol. The highest BCUT2D eigenvalue weighted by atomic mass is 35.5. The lowest BCUT2D eigenvalue weighted by Crippen LogP contribution is -2.48. The maximum absolute atomic E-state index is 12.5. The summed E-state index contributed by atoms with van der Waals surface area (Å²) in [6.07, 6.45) is -0.00896. The van der Waals surface area contributed by atoms with Crippen LogP contribution in [-0.4, -0.2) is 36.5 Å². The lowest BCUT2D eigenvalue weighted by Gasteiger charge is -2.35. The first-order valence-corrected chi connectivity index (χ1v) is 8.53. The number of esters is 1. The Morgan fingerprint density at radius 2 is 2.04 bits per heavy atom. The smallest absolute Gasteiger partial charge is 0.337 e. The molecule has 26 heavy (non-hydrogen) atoms. The van der Waals surface area contributed by atoms with Crippen molar-refractivity contribution in [2.75, 3.05) is 13.7 Å². The van der Waals surface area contributed by atoms with E-state index in [-0.39, 0.29) is 25.0 Å². The van der Waals surface area contributed by atoms with E-state index in [1.54, 1.807) is 19.1 Å². The van der Waals surface area contributed by atoms with Crippen molar-refractivity contribution in [1.29, 1.82) is 0 Å². The Morgan fingerprint density at radius 1 is 1.35 bits per heavy atom. The number of rotatable bonds is 6. The molecule has 0 unspecified atom stereocenters. The van der Waals surface area contributed by atoms with Crippen molar-refractivity contribution >= 4 is 41.2 Å². The quantitative estimate of drug-likeness (QED) is 0.737. The van der Waals surface area contributed by atoms with Crippen LogP contribution in [0.4, 0.5) is 4.79 Å². The minimum Gasteiger partial charge on any atom is -0.550 e. The Hall–Kier alpha value is -2.25. The second-order valence-electron chi connectivity index (χ2n) is 5.67. The summed E-state index contributed by atoms with van der Waals surface area (Å²) in [6.45, 7) is 1.72. The van der Waals surface area contributed by atoms with Crippen LogP contribution in [0.25, 0.3) is 0 Å². The molecule has 1 N–H and O–H groups in total. The van der Waals surface area contributed by atoms with E-state index in [1.165, 1.54) is 18.1 Å². The van der Waals surface area contributed by atoms with E-state index in [0.29, 0.717) is 21.3 Å². The molecule has 2 rings (SSSR count). The van der Waals surface area contributed by atoms with Crippen LogP contribution in [0.5, 0.6) is 0 Å². The molecule has 0 fully saturated rings. The normalized spacial score (nSPS) is 17.2. The SMILES string of the molecule is COC(=O)C1=C(C)N(CCCC(=O)[O-])C(=O)N[C@H]1c1ccc(Cl)cc1Cl. The largest absolute Gasteiger partial charge is 0.550 e. The van der Waals surface area contributed by atoms with Crippen molar-refractivity contribution in [1.82, 2.24) is 10.2 Å². The summed E-state index contributed by atoms with van der Waals surface area (Å²) in [5.41, 5.74) is 1.08. The highest BCUT2D eigenvalue weighted by Gasteiger charge is 2.36. The van der Waals surface area contributed by atoms with Crippen LogP contribution >= 0.6 is 23.2 Å². The minimum absolute atomic E-state index is 0.118. The van der Waals surface area contributed by atoms with Gasteiger partial charge in [0, 0.05) is 28.3 Å². The van der Waals surface area contributed by atoms with Gasteiger partial charge >= 0.3 is 12.0 Å². The number of methoxy groups -OCH3 is 1. The molecule has 140 valence electrons. The van der Waals surface area contributed by atoms with Gasteiger partial charge in [0.1, 0.15) is 0 Å². The first-order valence-electron chi connectivity index (χ1n) is 7.78. The molecule has 9 heteroatoms. The number of aliphatic carboxylic acids is 1. The van der Waals surface area contributed by atoms with Crippen LogP contribution in [0, 0.1) is 0 Å². The minimum atomic E-state index is -1.21. The fraction of sp³-hybridized carbons (Fsp3) is 0.353. The third kappa shape index (κ3) is 4.28. The number of ether oxygens (including phenoxy) is 1. The summed E-state index contributed by atoms with van der Waals surface area (Å²) in [7, 11) is 1.24. The Bertz CT molecular complexity index is 778. The Kier molecular flexibility index (Phi) is 6.50. The number of carboxylic acid groups (broad SMARTS) is 1. The second-order valence-corrected chi connectivity index (χ2v) is 6.51. The van der Waals surface area contributed by atoms with E-state index in [9.17, 15) is 19.5 Å². The molecule has 1 heterocycles. The second kappa shape index (κ2) is 8.42. The predicted molar refractivity (Wildman–Crippen MR) is 93.4 cm³/mol. The molecule has 0 spiro atoms. The number of halogens is 2. The van der Waals surface area contributed by atoms with Crippen LogP contribution in [0.3, 0.4) is 0 Å². The first-order chi connectivity index (χ1) is 12.3. The first kappa shape index (κ1) is 20.1. The Balaban J connectivity index is 2.43. The lowest BCUT2D eigenvalue weighted by molar-refractivity contribution is -0.305. The molecule has 2 amide bonds. The van der Waals surface area contributed by atoms with Crippen molar-refractivity contribution in [3.63, 3.8) is 0 Å². The van der Waals surface area contributed by atoms with E-state index >= 15 is 0 Å². The number of hydrogen-bond acceptors (Lipinski definition) is 5. The number of hydrogen-bond donors (Lipinski definition) is 1. The zero-order chi connectivity index (χ0) is 19.4. The molecule has 0 aliphatic carbocycles. The summed E-state index contributed by atoms with van der Waals surface area (Å²) in [4.78, 5) is 36.7. The van der Waals surface area contributed by atoms with Crippen LogP contribution in [0.1, 0.15) is 31.4 Å². The molecule has 0 bridgehead atoms. The van der Waals surface area contributed by atoms with Crippen LogP contribution in [0.2, 0.25) is 10.0 Å². The van der Waals surface area contributed by atoms with E-state index in [2.05, 4.69) is 5.32 Å². The lowest BCUT2D eigenvalue weighted by atomic mass is 9.94. The number of nitrogens with one attached hydrogen (secondary N) is 1. The summed E-state index contributed by atoms with van der Waals surface area (Å²) in [5.74, 6) is -1.83. The fourth-order valence-electron chi connectivity index (χ4n) is 2.78. The molecule has 1 aliphatic rings. The van der Waals surface area contributed by atoms with Crippen molar-refractivity contribution < 1.29 is 24.2 Å². The summed E-state index contributed by atoms with van der Waals surface area (Å²) in [5, 5.41) is 14.0. The molecule has 1 aliphatic heterocycles. The maximum atomic E-state index is 12.5. The highest BCUT2D eigenvalue weighted by Crippen LogP contribution is 2.35. The van der Waals surface area contributed by atoms with Gasteiger partial charge in [-0.3, -0.25) is 4.90 Å². The maximum Gasteiger partial charge on any atom is 0.337 e. The number of urea groups is 1. The molecule has 1 atom stereocenters. The average molecular weight is 400 g/mol. The van der Waals surface area contributed by atoms with Gasteiger partial charge in [0.15, 0.2) is 0 Å². The van der Waals surface area contributed by atoms with Crippen molar-refractivity contribution in [2.45, 2.75) is 25.8 Å². The van der Waals surface area contributed by atoms with E-state index in [0.717, 1.165) is 0 Å². The van der Waals surface area contributed by atoms with Gasteiger partial charge in [-0.1, -0.05) is 29.3 Å². The van der Waals surface area contributed by atoms with Crippen LogP contribution < -0.4 is 10.4 Å². The summed E-state index contributed by atoms with van der Waals surface area (Å²) in [6, 6.07) is 3.46. The van der Waals surface area contributed by atoms with Gasteiger partial charge in [0.25, 0.3) is 0 Å². The van der Waals surface area contributed by atoms with E-state index in [1.807, 2.05) is 0 Å². The van der Waals surface area contributed by atoms with Crippen LogP contribution in [-0.2, 0) is 14.3 Å². The number of carbonyl (C=O) groups excluding carboxylic acids is 3. The molecule has 1 aromatic rings. The summed E-state index contributed by atoms with van der Waals surface area (Å²) < 4.78 is 4.85. The monoisotopic (exact) mass is 399 g/mol. The predicted octanol–water partition coefficient (Wildman–Crippen LogP) is 2.04. The molecule has 0 saturated heterocycles. The van der Waals surface area contributed by atoms with Crippen LogP contribution in [0.15, 0.2) is 29.5 Å². The van der Waals surface area contributed by atoms with Gasteiger partial charge in [-0.15, -0.1) is 0 Å². The molecule has 0 aromatic heterocycles. The standard InChI is InChI=1S/C17H18Cl2N2O5/c1-9-14(16(24)26-2)15(11-6-5-10(18)8-12(11)19)20-17(25)21(9)7-3-4-13(22)23/h5-6,8,15H,3-4,7H2,1-2H3,(H,20,25)(H,22,23)/p-1/t15-/m0/s1. The van der Waals surface area contributed by atoms with Gasteiger partial charge in [0.2, 0.25) is 0 Å². The topological polar surface area (TPSA) is 98.8 Å². The van der Waals surface area contributed by atoms with Crippen molar-refractivity contribution in [2.24, 2.45) is 0 Å². The summed E-state index contributed by atoms with van der Waals surface area (Å²) >= 11 is 12.1. The number of nitrogens with zero attached hydrogens (tertiary/aromatic N) is 1. The van der Waals surface area contributed by atoms with Gasteiger partial charge in [0.05, 0.1) is 18.7 Å². The Morgan fingerprint density at radius 3 is 2.62 bits per heavy atom. The van der Waals surface area contributed by atoms with Gasteiger partial charge in [-0.05, 0) is 37.5 Å². The number of allylic oxidation sites excluding steroid dienone is 1. The van der Waals surface area contributed by atoms with Crippen molar-refractivity contribution in [3.8, 4) is 0 Å². The fourth-order valence-corrected chi connectivity index (χ4v) is 3.29. The number of carbonyl (C=O) groups is 3.